The van der Waals surface area contributed by atoms with E-state index in [-0.39, 0.29) is 24.7 Å². The first kappa shape index (κ1) is 12.5. The lowest BCUT2D eigenvalue weighted by Gasteiger charge is -2.03. The van der Waals surface area contributed by atoms with Crippen LogP contribution in [0.15, 0.2) is 28.8 Å². The van der Waals surface area contributed by atoms with Crippen LogP contribution < -0.4 is 5.46 Å². The Hall–Kier alpha value is -1.95. The van der Waals surface area contributed by atoms with E-state index in [0.717, 1.165) is 5.56 Å². The van der Waals surface area contributed by atoms with Gasteiger partial charge in [0.05, 0.1) is 6.61 Å². The minimum absolute atomic E-state index is 0.191. The average Bonchev–Trinajstić information content (AvgIpc) is 2.82. The summed E-state index contributed by atoms with van der Waals surface area (Å²) in [6.45, 7) is 0.463. The fourth-order valence-electron chi connectivity index (χ4n) is 1.45. The van der Waals surface area contributed by atoms with Crippen molar-refractivity contribution in [3.8, 4) is 0 Å². The third-order valence-electron chi connectivity index (χ3n) is 2.45. The van der Waals surface area contributed by atoms with Gasteiger partial charge in [-0.2, -0.15) is 0 Å². The number of aldehydes is 1. The molecule has 0 N–H and O–H groups in total. The second kappa shape index (κ2) is 5.60. The van der Waals surface area contributed by atoms with Crippen LogP contribution in [0.25, 0.3) is 0 Å². The Balaban J connectivity index is 1.88. The van der Waals surface area contributed by atoms with E-state index in [1.807, 2.05) is 0 Å². The molecule has 0 aliphatic rings. The molecule has 0 atom stereocenters. The van der Waals surface area contributed by atoms with Gasteiger partial charge < -0.3 is 9.26 Å². The van der Waals surface area contributed by atoms with Gasteiger partial charge in [-0.25, -0.2) is 4.39 Å². The summed E-state index contributed by atoms with van der Waals surface area (Å²) in [7, 11) is 1.70. The van der Waals surface area contributed by atoms with Crippen molar-refractivity contribution in [2.45, 2.75) is 13.2 Å². The van der Waals surface area contributed by atoms with Gasteiger partial charge >= 0.3 is 0 Å². The van der Waals surface area contributed by atoms with Gasteiger partial charge in [0, 0.05) is 6.07 Å². The average molecular weight is 247 g/mol. The first-order valence-electron chi connectivity index (χ1n) is 5.42. The zero-order valence-corrected chi connectivity index (χ0v) is 9.85. The van der Waals surface area contributed by atoms with Crippen molar-refractivity contribution in [3.63, 3.8) is 0 Å². The number of nitrogens with zero attached hydrogens (tertiary/aromatic N) is 1. The Kier molecular flexibility index (Phi) is 3.89. The minimum Gasteiger partial charge on any atom is -0.369 e. The second-order valence-corrected chi connectivity index (χ2v) is 3.91. The first-order valence-corrected chi connectivity index (χ1v) is 5.42. The highest BCUT2D eigenvalue weighted by Gasteiger charge is 2.04. The van der Waals surface area contributed by atoms with E-state index in [2.05, 4.69) is 5.16 Å². The fourth-order valence-corrected chi connectivity index (χ4v) is 1.45. The minimum atomic E-state index is -0.251. The number of carbonyl (C=O) groups excluding carboxylic acids is 1. The van der Waals surface area contributed by atoms with Crippen molar-refractivity contribution < 1.29 is 18.4 Å². The lowest BCUT2D eigenvalue weighted by atomic mass is 9.94. The number of ether oxygens (including phenoxy) is 1. The topological polar surface area (TPSA) is 52.3 Å². The van der Waals surface area contributed by atoms with Crippen molar-refractivity contribution in [2.75, 3.05) is 0 Å². The molecule has 0 unspecified atom stereocenters. The normalized spacial score (nSPS) is 10.5. The number of halogens is 1. The number of benzene rings is 1. The van der Waals surface area contributed by atoms with Crippen molar-refractivity contribution in [1.29, 1.82) is 0 Å². The molecule has 0 fully saturated rings. The summed E-state index contributed by atoms with van der Waals surface area (Å²) in [5.74, 6) is 0.212. The molecule has 0 bridgehead atoms. The van der Waals surface area contributed by atoms with Gasteiger partial charge in [-0.1, -0.05) is 22.8 Å². The van der Waals surface area contributed by atoms with Gasteiger partial charge in [-0.15, -0.1) is 0 Å². The number of hydrogen-bond donors (Lipinski definition) is 0. The van der Waals surface area contributed by atoms with Crippen LogP contribution in [0, 0.1) is 5.82 Å². The maximum absolute atomic E-state index is 13.3. The Labute approximate surface area is 104 Å². The Morgan fingerprint density at radius 2 is 2.22 bits per heavy atom. The van der Waals surface area contributed by atoms with Crippen molar-refractivity contribution in [1.82, 2.24) is 5.16 Å². The van der Waals surface area contributed by atoms with Crippen LogP contribution in [-0.2, 0) is 18.0 Å². The summed E-state index contributed by atoms with van der Waals surface area (Å²) in [5, 5.41) is 3.50. The smallest absolute Gasteiger partial charge is 0.171 e. The number of rotatable bonds is 5. The Bertz CT molecular complexity index is 556. The highest BCUT2D eigenvalue weighted by atomic mass is 19.1. The summed E-state index contributed by atoms with van der Waals surface area (Å²) < 4.78 is 23.5. The highest BCUT2D eigenvalue weighted by molar-refractivity contribution is 6.32. The molecule has 0 spiro atoms. The summed E-state index contributed by atoms with van der Waals surface area (Å²) in [6.07, 6.45) is 0.600. The van der Waals surface area contributed by atoms with Crippen molar-refractivity contribution in [3.05, 3.63) is 47.1 Å². The summed E-state index contributed by atoms with van der Waals surface area (Å²) in [6, 6.07) is 6.44. The van der Waals surface area contributed by atoms with Crippen molar-refractivity contribution in [2.24, 2.45) is 0 Å². The molecule has 0 aliphatic heterocycles. The molecule has 0 amide bonds. The fraction of sp³-hybridized carbons (Fsp3) is 0.167. The molecular weight excluding hydrogens is 236 g/mol. The van der Waals surface area contributed by atoms with E-state index in [0.29, 0.717) is 17.5 Å². The lowest BCUT2D eigenvalue weighted by molar-refractivity contribution is 0.0881. The quantitative estimate of drug-likeness (QED) is 0.573. The molecule has 4 nitrogen and oxygen atoms in total. The van der Waals surface area contributed by atoms with E-state index in [1.165, 1.54) is 12.1 Å². The van der Waals surface area contributed by atoms with E-state index in [1.54, 1.807) is 20.0 Å². The van der Waals surface area contributed by atoms with Crippen LogP contribution in [0.5, 0.6) is 0 Å². The monoisotopic (exact) mass is 247 g/mol. The summed E-state index contributed by atoms with van der Waals surface area (Å²) in [5.41, 5.74) is 1.58. The molecule has 0 saturated heterocycles. The standard InChI is InChI=1S/C12H11BFNO3/c13-11-2-1-8(3-12(11)14)6-17-7-10-4-9(5-16)15-18-10/h1-5H,6-7,13H2. The van der Waals surface area contributed by atoms with Crippen LogP contribution in [0.1, 0.15) is 21.8 Å². The van der Waals surface area contributed by atoms with Crippen molar-refractivity contribution >= 4 is 19.6 Å². The maximum Gasteiger partial charge on any atom is 0.171 e. The van der Waals surface area contributed by atoms with E-state index >= 15 is 0 Å². The predicted molar refractivity (Wildman–Crippen MR) is 65.0 cm³/mol. The van der Waals surface area contributed by atoms with Gasteiger partial charge in [-0.3, -0.25) is 4.79 Å². The molecular formula is C12H11BFNO3. The molecule has 1 aromatic heterocycles. The third kappa shape index (κ3) is 3.04. The van der Waals surface area contributed by atoms with E-state index in [4.69, 9.17) is 9.26 Å². The SMILES string of the molecule is Bc1ccc(COCc2cc(C=O)no2)cc1F. The maximum atomic E-state index is 13.3. The van der Waals surface area contributed by atoms with Gasteiger partial charge in [0.2, 0.25) is 0 Å². The first-order chi connectivity index (χ1) is 8.69. The molecule has 1 aromatic carbocycles. The number of carbonyl (C=O) groups is 1. The summed E-state index contributed by atoms with van der Waals surface area (Å²) >= 11 is 0. The largest absolute Gasteiger partial charge is 0.369 e. The molecule has 0 saturated carbocycles. The predicted octanol–water partition coefficient (Wildman–Crippen LogP) is 0.601. The van der Waals surface area contributed by atoms with Crippen LogP contribution >= 0.6 is 0 Å². The van der Waals surface area contributed by atoms with Gasteiger partial charge in [0.25, 0.3) is 0 Å². The van der Waals surface area contributed by atoms with Gasteiger partial charge in [0.1, 0.15) is 26.0 Å². The Morgan fingerprint density at radius 3 is 2.89 bits per heavy atom. The number of aromatic nitrogens is 1. The molecule has 0 aliphatic carbocycles. The lowest BCUT2D eigenvalue weighted by Crippen LogP contribution is -2.08. The van der Waals surface area contributed by atoms with Gasteiger partial charge in [-0.05, 0) is 11.6 Å². The molecule has 18 heavy (non-hydrogen) atoms. The number of hydrogen-bond acceptors (Lipinski definition) is 4. The van der Waals surface area contributed by atoms with E-state index < -0.39 is 0 Å². The molecule has 1 heterocycles. The van der Waals surface area contributed by atoms with Crippen LogP contribution in [0.3, 0.4) is 0 Å². The van der Waals surface area contributed by atoms with E-state index in [9.17, 15) is 9.18 Å². The van der Waals surface area contributed by atoms with Crippen LogP contribution in [-0.4, -0.2) is 19.3 Å². The molecule has 2 rings (SSSR count). The van der Waals surface area contributed by atoms with Gasteiger partial charge in [0.15, 0.2) is 12.0 Å². The molecule has 0 radical (unpaired) electrons. The molecule has 6 heteroatoms. The zero-order valence-electron chi connectivity index (χ0n) is 9.85. The Morgan fingerprint density at radius 1 is 1.39 bits per heavy atom. The zero-order chi connectivity index (χ0) is 13.0. The molecule has 2 aromatic rings. The second-order valence-electron chi connectivity index (χ2n) is 3.91. The van der Waals surface area contributed by atoms with Crippen LogP contribution in [0.2, 0.25) is 0 Å². The third-order valence-corrected chi connectivity index (χ3v) is 2.45. The van der Waals surface area contributed by atoms with Crippen LogP contribution in [0.4, 0.5) is 4.39 Å². The summed E-state index contributed by atoms with van der Waals surface area (Å²) in [4.78, 5) is 10.4. The highest BCUT2D eigenvalue weighted by Crippen LogP contribution is 2.07. The molecule has 92 valence electrons.